The summed E-state index contributed by atoms with van der Waals surface area (Å²) < 4.78 is 41.3. The fourth-order valence-electron chi connectivity index (χ4n) is 3.22. The number of amides is 1. The molecule has 10 nitrogen and oxygen atoms in total. The molecule has 0 saturated heterocycles. The minimum absolute atomic E-state index is 0.00977. The van der Waals surface area contributed by atoms with E-state index < -0.39 is 21.9 Å². The Kier molecular flexibility index (Phi) is 6.06. The summed E-state index contributed by atoms with van der Waals surface area (Å²) in [6.07, 6.45) is 0. The second-order valence-electron chi connectivity index (χ2n) is 6.86. The van der Waals surface area contributed by atoms with E-state index in [4.69, 9.17) is 19.0 Å². The molecule has 0 spiro atoms. The summed E-state index contributed by atoms with van der Waals surface area (Å²) in [5.74, 6) is -0.744. The predicted octanol–water partition coefficient (Wildman–Crippen LogP) is 2.41. The van der Waals surface area contributed by atoms with Gasteiger partial charge in [0, 0.05) is 5.39 Å². The molecule has 4 aromatic rings. The lowest BCUT2D eigenvalue weighted by molar-refractivity contribution is -0.141. The molecule has 0 aliphatic carbocycles. The largest absolute Gasteiger partial charge is 0.490 e. The lowest BCUT2D eigenvalue weighted by Gasteiger charge is -2.04. The van der Waals surface area contributed by atoms with Gasteiger partial charge in [-0.3, -0.25) is 9.59 Å². The van der Waals surface area contributed by atoms with E-state index in [0.29, 0.717) is 33.5 Å². The zero-order valence-electron chi connectivity index (χ0n) is 17.6. The highest BCUT2D eigenvalue weighted by atomic mass is 32.2. The Balaban J connectivity index is 1.85. The number of aromatic nitrogens is 1. The summed E-state index contributed by atoms with van der Waals surface area (Å²) in [5, 5.41) is 5.89. The van der Waals surface area contributed by atoms with Gasteiger partial charge in [0.1, 0.15) is 6.54 Å². The molecule has 2 N–H and O–H groups in total. The van der Waals surface area contributed by atoms with Gasteiger partial charge in [-0.05, 0) is 37.3 Å². The monoisotopic (exact) mass is 489 g/mol. The molecule has 0 fully saturated rings. The van der Waals surface area contributed by atoms with Crippen molar-refractivity contribution in [2.45, 2.75) is 18.4 Å². The first kappa shape index (κ1) is 22.7. The molecule has 0 aliphatic heterocycles. The average Bonchev–Trinajstić information content (AvgIpc) is 3.35. The van der Waals surface area contributed by atoms with Crippen LogP contribution in [0.3, 0.4) is 0 Å². The van der Waals surface area contributed by atoms with Gasteiger partial charge in [0.25, 0.3) is 0 Å². The van der Waals surface area contributed by atoms with Crippen molar-refractivity contribution in [1.82, 2.24) is 4.57 Å². The van der Waals surface area contributed by atoms with Crippen LogP contribution >= 0.6 is 11.3 Å². The molecule has 0 radical (unpaired) electrons. The molecule has 2 heterocycles. The molecule has 33 heavy (non-hydrogen) atoms. The number of rotatable bonds is 6. The lowest BCUT2D eigenvalue weighted by atomic mass is 10.2. The van der Waals surface area contributed by atoms with Crippen LogP contribution in [0.1, 0.15) is 17.5 Å². The van der Waals surface area contributed by atoms with E-state index in [0.717, 1.165) is 11.3 Å². The van der Waals surface area contributed by atoms with Crippen molar-refractivity contribution in [2.24, 2.45) is 10.1 Å². The summed E-state index contributed by atoms with van der Waals surface area (Å²) in [5.41, 5.74) is 0.919. The Morgan fingerprint density at radius 3 is 2.70 bits per heavy atom. The standard InChI is InChI=1S/C21H19N3O7S2/c1-3-30-15-6-4-5-12-9-16(31-19(12)15)20(26)23-21-24(11-18(25)29-2)14-8-7-13(33(22,27)28)10-17(14)32-21/h4-10H,3,11H2,1-2H3,(H2,22,27,28). The smallest absolute Gasteiger partial charge is 0.325 e. The summed E-state index contributed by atoms with van der Waals surface area (Å²) in [4.78, 5) is 29.1. The fourth-order valence-corrected chi connectivity index (χ4v) is 4.90. The lowest BCUT2D eigenvalue weighted by Crippen LogP contribution is -2.22. The van der Waals surface area contributed by atoms with Crippen molar-refractivity contribution in [3.63, 3.8) is 0 Å². The van der Waals surface area contributed by atoms with Crippen molar-refractivity contribution >= 4 is 54.4 Å². The maximum Gasteiger partial charge on any atom is 0.325 e. The number of primary sulfonamides is 1. The van der Waals surface area contributed by atoms with Crippen LogP contribution in [-0.2, 0) is 26.1 Å². The SMILES string of the molecule is CCOc1cccc2cc(C(=O)N=c3sc4cc(S(N)(=O)=O)ccc4n3CC(=O)OC)oc12. The van der Waals surface area contributed by atoms with Crippen molar-refractivity contribution in [3.05, 3.63) is 53.0 Å². The number of hydrogen-bond donors (Lipinski definition) is 1. The quantitative estimate of drug-likeness (QED) is 0.410. The van der Waals surface area contributed by atoms with Crippen molar-refractivity contribution in [2.75, 3.05) is 13.7 Å². The summed E-state index contributed by atoms with van der Waals surface area (Å²) in [6.45, 7) is 2.04. The Labute approximate surface area is 191 Å². The van der Waals surface area contributed by atoms with E-state index >= 15 is 0 Å². The van der Waals surface area contributed by atoms with Crippen molar-refractivity contribution < 1.29 is 31.9 Å². The van der Waals surface area contributed by atoms with E-state index in [9.17, 15) is 18.0 Å². The number of carbonyl (C=O) groups excluding carboxylic acids is 2. The Morgan fingerprint density at radius 1 is 1.21 bits per heavy atom. The highest BCUT2D eigenvalue weighted by Crippen LogP contribution is 2.29. The van der Waals surface area contributed by atoms with Crippen LogP contribution in [0, 0.1) is 0 Å². The van der Waals surface area contributed by atoms with Crippen LogP contribution in [-0.4, -0.2) is 38.6 Å². The molecule has 0 aliphatic rings. The molecule has 0 saturated carbocycles. The molecule has 12 heteroatoms. The van der Waals surface area contributed by atoms with Crippen LogP contribution in [0.4, 0.5) is 0 Å². The van der Waals surface area contributed by atoms with Gasteiger partial charge in [-0.1, -0.05) is 23.5 Å². The molecule has 2 aromatic heterocycles. The Morgan fingerprint density at radius 2 is 2.00 bits per heavy atom. The average molecular weight is 490 g/mol. The first-order chi connectivity index (χ1) is 15.7. The number of furan rings is 1. The number of para-hydroxylation sites is 1. The van der Waals surface area contributed by atoms with E-state index in [1.54, 1.807) is 24.3 Å². The van der Waals surface area contributed by atoms with Gasteiger partial charge < -0.3 is 18.5 Å². The second kappa shape index (κ2) is 8.81. The summed E-state index contributed by atoms with van der Waals surface area (Å²) in [7, 11) is -2.70. The minimum Gasteiger partial charge on any atom is -0.490 e. The Bertz CT molecular complexity index is 1560. The number of nitrogens with two attached hydrogens (primary N) is 1. The van der Waals surface area contributed by atoms with E-state index in [-0.39, 0.29) is 22.0 Å². The van der Waals surface area contributed by atoms with Crippen LogP contribution in [0.2, 0.25) is 0 Å². The zero-order valence-corrected chi connectivity index (χ0v) is 19.2. The maximum absolute atomic E-state index is 12.9. The van der Waals surface area contributed by atoms with E-state index in [1.165, 1.54) is 29.9 Å². The third-order valence-corrected chi connectivity index (χ3v) is 6.67. The predicted molar refractivity (Wildman–Crippen MR) is 120 cm³/mol. The van der Waals surface area contributed by atoms with Gasteiger partial charge in [-0.25, -0.2) is 13.6 Å². The fraction of sp³-hybridized carbons (Fsp3) is 0.190. The number of benzene rings is 2. The molecule has 172 valence electrons. The molecule has 0 bridgehead atoms. The molecular formula is C21H19N3O7S2. The number of methoxy groups -OCH3 is 1. The van der Waals surface area contributed by atoms with Gasteiger partial charge in [-0.15, -0.1) is 0 Å². The van der Waals surface area contributed by atoms with Crippen molar-refractivity contribution in [3.8, 4) is 5.75 Å². The number of fused-ring (bicyclic) bond motifs is 2. The number of ether oxygens (including phenoxy) is 2. The molecule has 0 atom stereocenters. The van der Waals surface area contributed by atoms with Crippen molar-refractivity contribution in [1.29, 1.82) is 0 Å². The topological polar surface area (TPSA) is 143 Å². The first-order valence-corrected chi connectivity index (χ1v) is 12.0. The van der Waals surface area contributed by atoms with E-state index in [2.05, 4.69) is 4.99 Å². The number of thiazole rings is 1. The van der Waals surface area contributed by atoms with Gasteiger partial charge in [-0.2, -0.15) is 4.99 Å². The number of nitrogens with zero attached hydrogens (tertiary/aromatic N) is 2. The molecule has 1 amide bonds. The highest BCUT2D eigenvalue weighted by molar-refractivity contribution is 7.89. The van der Waals surface area contributed by atoms with Gasteiger partial charge in [0.2, 0.25) is 10.0 Å². The zero-order chi connectivity index (χ0) is 23.8. The van der Waals surface area contributed by atoms with Gasteiger partial charge >= 0.3 is 11.9 Å². The van der Waals surface area contributed by atoms with E-state index in [1.807, 2.05) is 6.92 Å². The molecule has 2 aromatic carbocycles. The number of esters is 1. The van der Waals surface area contributed by atoms with Crippen LogP contribution in [0.5, 0.6) is 5.75 Å². The highest BCUT2D eigenvalue weighted by Gasteiger charge is 2.18. The normalized spacial score (nSPS) is 12.4. The van der Waals surface area contributed by atoms with Crippen LogP contribution in [0.15, 0.2) is 56.8 Å². The molecule has 0 unspecified atom stereocenters. The van der Waals surface area contributed by atoms with Crippen LogP contribution in [0.25, 0.3) is 21.2 Å². The molecular weight excluding hydrogens is 470 g/mol. The number of carbonyl (C=O) groups is 2. The number of sulfonamides is 1. The molecule has 4 rings (SSSR count). The van der Waals surface area contributed by atoms with Gasteiger partial charge in [0.15, 0.2) is 21.9 Å². The third kappa shape index (κ3) is 4.53. The summed E-state index contributed by atoms with van der Waals surface area (Å²) >= 11 is 1.03. The number of hydrogen-bond acceptors (Lipinski definition) is 8. The second-order valence-corrected chi connectivity index (χ2v) is 9.43. The first-order valence-electron chi connectivity index (χ1n) is 9.68. The van der Waals surface area contributed by atoms with Crippen LogP contribution < -0.4 is 14.7 Å². The Hall–Kier alpha value is -3.48. The minimum atomic E-state index is -3.93. The third-order valence-electron chi connectivity index (χ3n) is 4.71. The summed E-state index contributed by atoms with van der Waals surface area (Å²) in [6, 6.07) is 11.0. The maximum atomic E-state index is 12.9. The van der Waals surface area contributed by atoms with Gasteiger partial charge in [0.05, 0.1) is 28.8 Å².